The molecule has 0 radical (unpaired) electrons. The van der Waals surface area contributed by atoms with Crippen LogP contribution in [-0.4, -0.2) is 16.2 Å². The number of aromatic nitrogens is 2. The van der Waals surface area contributed by atoms with Crippen LogP contribution in [-0.2, 0) is 17.4 Å². The summed E-state index contributed by atoms with van der Waals surface area (Å²) >= 11 is 0. The minimum absolute atomic E-state index is 0. The molecule has 0 saturated carbocycles. The van der Waals surface area contributed by atoms with Gasteiger partial charge in [-0.1, -0.05) is 0 Å². The van der Waals surface area contributed by atoms with Crippen molar-refractivity contribution in [2.45, 2.75) is 12.6 Å². The fourth-order valence-corrected chi connectivity index (χ4v) is 0.753. The summed E-state index contributed by atoms with van der Waals surface area (Å²) < 4.78 is 35.9. The van der Waals surface area contributed by atoms with Gasteiger partial charge in [0, 0.05) is 12.4 Å². The number of halogens is 3. The average Bonchev–Trinajstić information content (AvgIpc) is 2.02. The zero-order chi connectivity index (χ0) is 10.8. The van der Waals surface area contributed by atoms with E-state index in [-0.39, 0.29) is 24.6 Å². The molecule has 15 heavy (non-hydrogen) atoms. The standard InChI is InChI=1S/C7H5F3N2O2.Li/c8-7(9,10)5-2-1-4(11-12-5)3-6(13)14;/h1-2H,3H2,(H,13,14);/q;+1/p-1. The number of alkyl halides is 3. The van der Waals surface area contributed by atoms with Crippen molar-refractivity contribution in [3.63, 3.8) is 0 Å². The topological polar surface area (TPSA) is 65.9 Å². The monoisotopic (exact) mass is 212 g/mol. The molecular weight excluding hydrogens is 208 g/mol. The van der Waals surface area contributed by atoms with Gasteiger partial charge >= 0.3 is 25.0 Å². The van der Waals surface area contributed by atoms with Gasteiger partial charge in [-0.05, 0) is 12.1 Å². The number of aliphatic carboxylic acids is 1. The Kier molecular flexibility index (Phi) is 4.78. The number of nitrogens with zero attached hydrogens (tertiary/aromatic N) is 2. The molecule has 0 bridgehead atoms. The van der Waals surface area contributed by atoms with E-state index in [0.29, 0.717) is 6.07 Å². The molecule has 1 heterocycles. The van der Waals surface area contributed by atoms with Crippen LogP contribution in [0.5, 0.6) is 0 Å². The van der Waals surface area contributed by atoms with Gasteiger partial charge in [0.1, 0.15) is 0 Å². The van der Waals surface area contributed by atoms with Crippen LogP contribution in [0.1, 0.15) is 11.4 Å². The van der Waals surface area contributed by atoms with Crippen LogP contribution < -0.4 is 24.0 Å². The van der Waals surface area contributed by atoms with Crippen LogP contribution in [0.2, 0.25) is 0 Å². The van der Waals surface area contributed by atoms with Gasteiger partial charge < -0.3 is 9.90 Å². The zero-order valence-electron chi connectivity index (χ0n) is 7.71. The Morgan fingerprint density at radius 3 is 2.27 bits per heavy atom. The molecule has 0 aromatic carbocycles. The summed E-state index contributed by atoms with van der Waals surface area (Å²) in [6.45, 7) is 0. The van der Waals surface area contributed by atoms with Crippen molar-refractivity contribution in [3.05, 3.63) is 23.5 Å². The largest absolute Gasteiger partial charge is 1.00 e. The maximum atomic E-state index is 12.0. The van der Waals surface area contributed by atoms with Gasteiger partial charge in [0.2, 0.25) is 0 Å². The quantitative estimate of drug-likeness (QED) is 0.484. The van der Waals surface area contributed by atoms with Gasteiger partial charge in [0.15, 0.2) is 5.69 Å². The molecule has 0 unspecified atom stereocenters. The van der Waals surface area contributed by atoms with Crippen LogP contribution >= 0.6 is 0 Å². The molecule has 1 rings (SSSR count). The Hall–Kier alpha value is -1.06. The van der Waals surface area contributed by atoms with Crippen LogP contribution in [0.15, 0.2) is 12.1 Å². The first-order valence-electron chi connectivity index (χ1n) is 3.49. The minimum atomic E-state index is -4.56. The van der Waals surface area contributed by atoms with E-state index in [1.165, 1.54) is 0 Å². The van der Waals surface area contributed by atoms with Gasteiger partial charge in [-0.25, -0.2) is 0 Å². The number of hydrogen-bond donors (Lipinski definition) is 0. The van der Waals surface area contributed by atoms with E-state index in [0.717, 1.165) is 6.07 Å². The van der Waals surface area contributed by atoms with E-state index in [1.807, 2.05) is 0 Å². The number of rotatable bonds is 2. The van der Waals surface area contributed by atoms with Gasteiger partial charge in [0.25, 0.3) is 0 Å². The smallest absolute Gasteiger partial charge is 0.550 e. The van der Waals surface area contributed by atoms with Crippen molar-refractivity contribution in [2.75, 3.05) is 0 Å². The SMILES string of the molecule is O=C([O-])Cc1ccc(C(F)(F)F)nn1.[Li+]. The summed E-state index contributed by atoms with van der Waals surface area (Å²) in [4.78, 5) is 10.0. The molecule has 76 valence electrons. The molecule has 8 heteroatoms. The maximum absolute atomic E-state index is 12.0. The van der Waals surface area contributed by atoms with E-state index in [9.17, 15) is 23.1 Å². The summed E-state index contributed by atoms with van der Waals surface area (Å²) in [6.07, 6.45) is -5.11. The summed E-state index contributed by atoms with van der Waals surface area (Å²) in [5.41, 5.74) is -1.22. The first-order chi connectivity index (χ1) is 6.39. The second-order valence-electron chi connectivity index (χ2n) is 2.46. The third kappa shape index (κ3) is 4.32. The predicted molar refractivity (Wildman–Crippen MR) is 35.7 cm³/mol. The van der Waals surface area contributed by atoms with Gasteiger partial charge in [-0.15, -0.1) is 5.10 Å². The van der Waals surface area contributed by atoms with Crippen molar-refractivity contribution in [3.8, 4) is 0 Å². The van der Waals surface area contributed by atoms with Crippen LogP contribution in [0.4, 0.5) is 13.2 Å². The van der Waals surface area contributed by atoms with Crippen LogP contribution in [0.3, 0.4) is 0 Å². The number of carboxylic acids is 1. The number of carbonyl (C=O) groups excluding carboxylic acids is 1. The molecule has 0 saturated heterocycles. The maximum Gasteiger partial charge on any atom is 1.00 e. The third-order valence-corrected chi connectivity index (χ3v) is 1.34. The molecule has 0 aliphatic carbocycles. The normalized spacial score (nSPS) is 10.6. The third-order valence-electron chi connectivity index (χ3n) is 1.34. The average molecular weight is 212 g/mol. The Balaban J connectivity index is 0.00000196. The first kappa shape index (κ1) is 13.9. The molecule has 4 nitrogen and oxygen atoms in total. The van der Waals surface area contributed by atoms with E-state index in [2.05, 4.69) is 10.2 Å². The van der Waals surface area contributed by atoms with Crippen molar-refractivity contribution in [1.29, 1.82) is 0 Å². The van der Waals surface area contributed by atoms with Crippen LogP contribution in [0, 0.1) is 0 Å². The molecule has 0 amide bonds. The fraction of sp³-hybridized carbons (Fsp3) is 0.286. The molecule has 0 aliphatic heterocycles. The van der Waals surface area contributed by atoms with Crippen molar-refractivity contribution in [2.24, 2.45) is 0 Å². The van der Waals surface area contributed by atoms with E-state index in [4.69, 9.17) is 0 Å². The summed E-state index contributed by atoms with van der Waals surface area (Å²) in [6, 6.07) is 1.62. The molecular formula is C7H4F3LiN2O2. The number of carbonyl (C=O) groups is 1. The molecule has 0 N–H and O–H groups in total. The minimum Gasteiger partial charge on any atom is -0.550 e. The van der Waals surface area contributed by atoms with E-state index in [1.54, 1.807) is 0 Å². The Morgan fingerprint density at radius 1 is 1.33 bits per heavy atom. The summed E-state index contributed by atoms with van der Waals surface area (Å²) in [7, 11) is 0. The second kappa shape index (κ2) is 5.14. The van der Waals surface area contributed by atoms with Crippen molar-refractivity contribution >= 4 is 5.97 Å². The molecule has 1 aromatic heterocycles. The summed E-state index contributed by atoms with van der Waals surface area (Å²) in [5.74, 6) is -1.42. The molecule has 1 aromatic rings. The molecule has 0 atom stereocenters. The van der Waals surface area contributed by atoms with Gasteiger partial charge in [0.05, 0.1) is 5.69 Å². The number of carboxylic acid groups (broad SMARTS) is 1. The second-order valence-corrected chi connectivity index (χ2v) is 2.46. The Labute approximate surface area is 94.7 Å². The Bertz CT molecular complexity index is 339. The van der Waals surface area contributed by atoms with Gasteiger partial charge in [-0.2, -0.15) is 18.3 Å². The molecule has 0 fully saturated rings. The predicted octanol–water partition coefficient (Wildman–Crippen LogP) is -3.21. The van der Waals surface area contributed by atoms with E-state index < -0.39 is 24.3 Å². The first-order valence-corrected chi connectivity index (χ1v) is 3.49. The Morgan fingerprint density at radius 2 is 1.93 bits per heavy atom. The summed E-state index contributed by atoms with van der Waals surface area (Å²) in [5, 5.41) is 16.0. The van der Waals surface area contributed by atoms with Crippen molar-refractivity contribution in [1.82, 2.24) is 10.2 Å². The van der Waals surface area contributed by atoms with Gasteiger partial charge in [-0.3, -0.25) is 0 Å². The fourth-order valence-electron chi connectivity index (χ4n) is 0.753. The molecule has 0 spiro atoms. The van der Waals surface area contributed by atoms with E-state index >= 15 is 0 Å². The zero-order valence-corrected chi connectivity index (χ0v) is 7.71. The molecule has 0 aliphatic rings. The van der Waals surface area contributed by atoms with Crippen LogP contribution in [0.25, 0.3) is 0 Å². The number of hydrogen-bond acceptors (Lipinski definition) is 4. The van der Waals surface area contributed by atoms with Crippen molar-refractivity contribution < 1.29 is 41.9 Å².